The lowest BCUT2D eigenvalue weighted by Gasteiger charge is -2.01. The van der Waals surface area contributed by atoms with Crippen LogP contribution in [0.3, 0.4) is 0 Å². The molecule has 4 heteroatoms. The van der Waals surface area contributed by atoms with Gasteiger partial charge in [-0.2, -0.15) is 5.26 Å². The smallest absolute Gasteiger partial charge is 0.124 e. The minimum Gasteiger partial charge on any atom is -0.507 e. The second kappa shape index (κ2) is 3.93. The molecule has 2 nitrogen and oxygen atoms in total. The third kappa shape index (κ3) is 1.96. The van der Waals surface area contributed by atoms with Crippen LogP contribution in [-0.2, 0) is 0 Å². The molecular weight excluding hydrogens is 230 g/mol. The summed E-state index contributed by atoms with van der Waals surface area (Å²) in [4.78, 5) is 1.45. The molecule has 0 bridgehead atoms. The Morgan fingerprint density at radius 1 is 1.27 bits per heavy atom. The molecule has 0 saturated carbocycles. The van der Waals surface area contributed by atoms with Crippen molar-refractivity contribution in [2.24, 2.45) is 0 Å². The number of nitriles is 1. The van der Waals surface area contributed by atoms with Gasteiger partial charge in [-0.25, -0.2) is 0 Å². The average molecular weight is 236 g/mol. The van der Waals surface area contributed by atoms with E-state index in [4.69, 9.17) is 16.9 Å². The number of thiophene rings is 1. The van der Waals surface area contributed by atoms with Gasteiger partial charge in [0.15, 0.2) is 0 Å². The van der Waals surface area contributed by atoms with Crippen LogP contribution < -0.4 is 0 Å². The van der Waals surface area contributed by atoms with E-state index in [1.165, 1.54) is 11.3 Å². The first-order valence-corrected chi connectivity index (χ1v) is 5.39. The maximum Gasteiger partial charge on any atom is 0.124 e. The Kier molecular flexibility index (Phi) is 2.63. The number of phenols is 1. The summed E-state index contributed by atoms with van der Waals surface area (Å²) in [7, 11) is 0. The molecule has 0 fully saturated rings. The van der Waals surface area contributed by atoms with Gasteiger partial charge in [-0.1, -0.05) is 11.6 Å². The van der Waals surface area contributed by atoms with Crippen molar-refractivity contribution < 1.29 is 5.11 Å². The fourth-order valence-corrected chi connectivity index (χ4v) is 2.25. The Morgan fingerprint density at radius 2 is 2.07 bits per heavy atom. The number of hydrogen-bond acceptors (Lipinski definition) is 3. The van der Waals surface area contributed by atoms with Gasteiger partial charge in [-0.15, -0.1) is 11.3 Å². The summed E-state index contributed by atoms with van der Waals surface area (Å²) in [5, 5.41) is 18.9. The minimum atomic E-state index is 0.172. The molecular formula is C11H6ClNOS. The Labute approximate surface area is 96.0 Å². The lowest BCUT2D eigenvalue weighted by atomic mass is 10.1. The van der Waals surface area contributed by atoms with Crippen LogP contribution in [0.25, 0.3) is 10.4 Å². The van der Waals surface area contributed by atoms with E-state index >= 15 is 0 Å². The molecule has 0 aliphatic carbocycles. The van der Waals surface area contributed by atoms with Gasteiger partial charge in [0.25, 0.3) is 0 Å². The van der Waals surface area contributed by atoms with Gasteiger partial charge < -0.3 is 5.11 Å². The van der Waals surface area contributed by atoms with Gasteiger partial charge in [0, 0.05) is 15.5 Å². The molecule has 0 unspecified atom stereocenters. The van der Waals surface area contributed by atoms with Crippen molar-refractivity contribution in [2.75, 3.05) is 0 Å². The fourth-order valence-electron chi connectivity index (χ4n) is 1.25. The number of hydrogen-bond donors (Lipinski definition) is 1. The quantitative estimate of drug-likeness (QED) is 0.820. The predicted octanol–water partition coefficient (Wildman–Crippen LogP) is 3.65. The lowest BCUT2D eigenvalue weighted by Crippen LogP contribution is -1.74. The second-order valence-electron chi connectivity index (χ2n) is 2.94. The maximum atomic E-state index is 9.64. The largest absolute Gasteiger partial charge is 0.507 e. The second-order valence-corrected chi connectivity index (χ2v) is 4.46. The van der Waals surface area contributed by atoms with Crippen molar-refractivity contribution in [2.45, 2.75) is 0 Å². The van der Waals surface area contributed by atoms with E-state index in [1.54, 1.807) is 30.3 Å². The summed E-state index contributed by atoms with van der Waals surface area (Å²) in [5.74, 6) is 0.172. The standard InChI is InChI=1S/C11H6ClNOS/c12-7-1-3-10(14)9(5-7)11-4-2-8(6-13)15-11/h1-5,14H. The highest BCUT2D eigenvalue weighted by Gasteiger charge is 2.07. The van der Waals surface area contributed by atoms with Crippen molar-refractivity contribution >= 4 is 22.9 Å². The Bertz CT molecular complexity index is 542. The van der Waals surface area contributed by atoms with Crippen LogP contribution in [0.4, 0.5) is 0 Å². The van der Waals surface area contributed by atoms with Crippen LogP contribution in [0.1, 0.15) is 4.88 Å². The zero-order valence-electron chi connectivity index (χ0n) is 7.57. The van der Waals surface area contributed by atoms with E-state index in [0.717, 1.165) is 4.88 Å². The first-order valence-electron chi connectivity index (χ1n) is 4.19. The third-order valence-corrected chi connectivity index (χ3v) is 3.20. The topological polar surface area (TPSA) is 44.0 Å². The van der Waals surface area contributed by atoms with Crippen LogP contribution in [-0.4, -0.2) is 5.11 Å². The molecule has 0 atom stereocenters. The maximum absolute atomic E-state index is 9.64. The van der Waals surface area contributed by atoms with E-state index < -0.39 is 0 Å². The molecule has 1 aromatic carbocycles. The van der Waals surface area contributed by atoms with E-state index in [1.807, 2.05) is 0 Å². The molecule has 0 aliphatic heterocycles. The summed E-state index contributed by atoms with van der Waals surface area (Å²) in [6, 6.07) is 10.4. The van der Waals surface area contributed by atoms with Crippen molar-refractivity contribution in [1.29, 1.82) is 5.26 Å². The predicted molar refractivity (Wildman–Crippen MR) is 61.1 cm³/mol. The number of rotatable bonds is 1. The minimum absolute atomic E-state index is 0.172. The van der Waals surface area contributed by atoms with Gasteiger partial charge in [0.05, 0.1) is 0 Å². The van der Waals surface area contributed by atoms with Crippen molar-refractivity contribution in [3.63, 3.8) is 0 Å². The lowest BCUT2D eigenvalue weighted by molar-refractivity contribution is 0.477. The summed E-state index contributed by atoms with van der Waals surface area (Å²) < 4.78 is 0. The molecule has 0 spiro atoms. The Balaban J connectivity index is 2.54. The highest BCUT2D eigenvalue weighted by molar-refractivity contribution is 7.16. The molecule has 15 heavy (non-hydrogen) atoms. The zero-order chi connectivity index (χ0) is 10.8. The van der Waals surface area contributed by atoms with Gasteiger partial charge in [0.1, 0.15) is 16.7 Å². The van der Waals surface area contributed by atoms with Crippen LogP contribution in [0.15, 0.2) is 30.3 Å². The average Bonchev–Trinajstić information content (AvgIpc) is 2.70. The van der Waals surface area contributed by atoms with E-state index in [-0.39, 0.29) is 5.75 Å². The van der Waals surface area contributed by atoms with E-state index in [0.29, 0.717) is 15.5 Å². The Morgan fingerprint density at radius 3 is 2.73 bits per heavy atom. The molecule has 0 aliphatic rings. The number of benzene rings is 1. The molecule has 0 saturated heterocycles. The van der Waals surface area contributed by atoms with Gasteiger partial charge in [0.2, 0.25) is 0 Å². The molecule has 1 N–H and O–H groups in total. The van der Waals surface area contributed by atoms with Crippen LogP contribution in [0, 0.1) is 11.3 Å². The Hall–Kier alpha value is -1.50. The highest BCUT2D eigenvalue weighted by atomic mass is 35.5. The number of nitrogens with zero attached hydrogens (tertiary/aromatic N) is 1. The SMILES string of the molecule is N#Cc1ccc(-c2cc(Cl)ccc2O)s1. The summed E-state index contributed by atoms with van der Waals surface area (Å²) >= 11 is 7.16. The fraction of sp³-hybridized carbons (Fsp3) is 0. The number of halogens is 1. The van der Waals surface area contributed by atoms with E-state index in [2.05, 4.69) is 6.07 Å². The van der Waals surface area contributed by atoms with Gasteiger partial charge in [-0.05, 0) is 30.3 Å². The first kappa shape index (κ1) is 10.0. The zero-order valence-corrected chi connectivity index (χ0v) is 9.14. The molecule has 1 aromatic heterocycles. The molecule has 2 aromatic rings. The molecule has 1 heterocycles. The molecule has 0 radical (unpaired) electrons. The normalized spacial score (nSPS) is 9.87. The van der Waals surface area contributed by atoms with Gasteiger partial charge >= 0.3 is 0 Å². The van der Waals surface area contributed by atoms with Crippen LogP contribution in [0.5, 0.6) is 5.75 Å². The van der Waals surface area contributed by atoms with Crippen molar-refractivity contribution in [3.8, 4) is 22.3 Å². The number of phenolic OH excluding ortho intramolecular Hbond substituents is 1. The summed E-state index contributed by atoms with van der Waals surface area (Å²) in [6.07, 6.45) is 0. The summed E-state index contributed by atoms with van der Waals surface area (Å²) in [5.41, 5.74) is 0.661. The van der Waals surface area contributed by atoms with Crippen molar-refractivity contribution in [3.05, 3.63) is 40.2 Å². The van der Waals surface area contributed by atoms with Crippen molar-refractivity contribution in [1.82, 2.24) is 0 Å². The van der Waals surface area contributed by atoms with E-state index in [9.17, 15) is 5.11 Å². The van der Waals surface area contributed by atoms with Gasteiger partial charge in [-0.3, -0.25) is 0 Å². The molecule has 74 valence electrons. The first-order chi connectivity index (χ1) is 7.20. The molecule has 0 amide bonds. The monoisotopic (exact) mass is 235 g/mol. The highest BCUT2D eigenvalue weighted by Crippen LogP contribution is 2.35. The van der Waals surface area contributed by atoms with Crippen LogP contribution in [0.2, 0.25) is 5.02 Å². The third-order valence-electron chi connectivity index (χ3n) is 1.94. The number of aromatic hydroxyl groups is 1. The molecule has 2 rings (SSSR count). The summed E-state index contributed by atoms with van der Waals surface area (Å²) in [6.45, 7) is 0. The van der Waals surface area contributed by atoms with Crippen LogP contribution >= 0.6 is 22.9 Å².